The number of amides is 1. The molecule has 1 fully saturated rings. The summed E-state index contributed by atoms with van der Waals surface area (Å²) in [7, 11) is 0. The van der Waals surface area contributed by atoms with Crippen LogP contribution in [0.3, 0.4) is 0 Å². The molecule has 1 amide bonds. The minimum absolute atomic E-state index is 0.119. The van der Waals surface area contributed by atoms with Crippen molar-refractivity contribution in [3.8, 4) is 0 Å². The zero-order valence-corrected chi connectivity index (χ0v) is 9.91. The third-order valence-electron chi connectivity index (χ3n) is 2.98. The van der Waals surface area contributed by atoms with Gasteiger partial charge in [0.25, 0.3) is 0 Å². The van der Waals surface area contributed by atoms with E-state index in [4.69, 9.17) is 5.73 Å². The summed E-state index contributed by atoms with van der Waals surface area (Å²) in [5.41, 5.74) is 5.74. The Morgan fingerprint density at radius 3 is 2.33 bits per heavy atom. The van der Waals surface area contributed by atoms with Gasteiger partial charge >= 0.3 is 0 Å². The van der Waals surface area contributed by atoms with Crippen LogP contribution in [-0.4, -0.2) is 54.5 Å². The Morgan fingerprint density at radius 2 is 1.87 bits per heavy atom. The normalized spacial score (nSPS) is 20.3. The number of carbonyl (C=O) groups is 1. The Bertz CT molecular complexity index is 200. The zero-order valence-electron chi connectivity index (χ0n) is 9.91. The van der Waals surface area contributed by atoms with Gasteiger partial charge in [-0.05, 0) is 19.4 Å². The fourth-order valence-electron chi connectivity index (χ4n) is 1.92. The molecule has 4 nitrogen and oxygen atoms in total. The second-order valence-corrected chi connectivity index (χ2v) is 4.18. The monoisotopic (exact) mass is 213 g/mol. The van der Waals surface area contributed by atoms with Gasteiger partial charge in [0.15, 0.2) is 0 Å². The summed E-state index contributed by atoms with van der Waals surface area (Å²) in [6.45, 7) is 8.95. The van der Waals surface area contributed by atoms with Crippen LogP contribution in [0.2, 0.25) is 0 Å². The van der Waals surface area contributed by atoms with E-state index in [0.29, 0.717) is 0 Å². The fourth-order valence-corrected chi connectivity index (χ4v) is 1.92. The highest BCUT2D eigenvalue weighted by molar-refractivity contribution is 5.81. The van der Waals surface area contributed by atoms with E-state index in [2.05, 4.69) is 11.8 Å². The quantitative estimate of drug-likeness (QED) is 0.729. The van der Waals surface area contributed by atoms with Crippen molar-refractivity contribution in [3.05, 3.63) is 0 Å². The van der Waals surface area contributed by atoms with Gasteiger partial charge in [0, 0.05) is 26.2 Å². The second-order valence-electron chi connectivity index (χ2n) is 4.18. The molecule has 0 aliphatic carbocycles. The highest BCUT2D eigenvalue weighted by Gasteiger charge is 2.23. The Kier molecular flexibility index (Phi) is 5.05. The summed E-state index contributed by atoms with van der Waals surface area (Å²) in [6, 6.07) is -0.303. The van der Waals surface area contributed by atoms with Crippen molar-refractivity contribution in [2.45, 2.75) is 32.7 Å². The van der Waals surface area contributed by atoms with Gasteiger partial charge in [-0.15, -0.1) is 0 Å². The van der Waals surface area contributed by atoms with Gasteiger partial charge in [0.1, 0.15) is 0 Å². The van der Waals surface area contributed by atoms with Crippen LogP contribution in [-0.2, 0) is 4.79 Å². The molecule has 0 spiro atoms. The molecule has 88 valence electrons. The Hall–Kier alpha value is -0.610. The molecule has 4 heteroatoms. The first-order valence-electron chi connectivity index (χ1n) is 5.95. The average molecular weight is 213 g/mol. The molecule has 0 aromatic rings. The highest BCUT2D eigenvalue weighted by Crippen LogP contribution is 2.05. The lowest BCUT2D eigenvalue weighted by atomic mass is 10.2. The van der Waals surface area contributed by atoms with E-state index < -0.39 is 0 Å². The van der Waals surface area contributed by atoms with Crippen LogP contribution in [0.4, 0.5) is 0 Å². The third-order valence-corrected chi connectivity index (χ3v) is 2.98. The first-order chi connectivity index (χ1) is 7.19. The van der Waals surface area contributed by atoms with Gasteiger partial charge in [-0.3, -0.25) is 9.69 Å². The number of rotatable bonds is 4. The molecule has 0 radical (unpaired) electrons. The lowest BCUT2D eigenvalue weighted by Gasteiger charge is -2.35. The fraction of sp³-hybridized carbons (Fsp3) is 0.909. The van der Waals surface area contributed by atoms with Gasteiger partial charge in [-0.25, -0.2) is 0 Å². The molecular formula is C11H23N3O. The minimum atomic E-state index is -0.303. The molecule has 2 N–H and O–H groups in total. The Balaban J connectivity index is 2.33. The van der Waals surface area contributed by atoms with Crippen molar-refractivity contribution in [1.82, 2.24) is 9.80 Å². The van der Waals surface area contributed by atoms with Crippen molar-refractivity contribution in [2.24, 2.45) is 5.73 Å². The summed E-state index contributed by atoms with van der Waals surface area (Å²) < 4.78 is 0. The number of hydrogen-bond donors (Lipinski definition) is 1. The van der Waals surface area contributed by atoms with Crippen LogP contribution in [0.1, 0.15) is 26.7 Å². The molecule has 15 heavy (non-hydrogen) atoms. The van der Waals surface area contributed by atoms with Crippen molar-refractivity contribution < 1.29 is 4.79 Å². The smallest absolute Gasteiger partial charge is 0.239 e. The molecule has 0 aromatic heterocycles. The second kappa shape index (κ2) is 6.08. The van der Waals surface area contributed by atoms with E-state index >= 15 is 0 Å². The number of nitrogens with two attached hydrogens (primary N) is 1. The largest absolute Gasteiger partial charge is 0.339 e. The van der Waals surface area contributed by atoms with Crippen LogP contribution < -0.4 is 5.73 Å². The first-order valence-corrected chi connectivity index (χ1v) is 5.95. The summed E-state index contributed by atoms with van der Waals surface area (Å²) in [5, 5.41) is 0. The molecule has 1 saturated heterocycles. The molecule has 1 rings (SSSR count). The maximum Gasteiger partial charge on any atom is 0.239 e. The molecule has 0 aromatic carbocycles. The zero-order chi connectivity index (χ0) is 11.3. The Labute approximate surface area is 92.4 Å². The Morgan fingerprint density at radius 1 is 1.27 bits per heavy atom. The topological polar surface area (TPSA) is 49.6 Å². The maximum absolute atomic E-state index is 11.8. The van der Waals surface area contributed by atoms with Crippen molar-refractivity contribution in [3.63, 3.8) is 0 Å². The van der Waals surface area contributed by atoms with Crippen LogP contribution in [0.25, 0.3) is 0 Å². The third kappa shape index (κ3) is 3.47. The number of carbonyl (C=O) groups excluding carboxylic acids is 1. The van der Waals surface area contributed by atoms with E-state index in [-0.39, 0.29) is 11.9 Å². The van der Waals surface area contributed by atoms with E-state index in [9.17, 15) is 4.79 Å². The van der Waals surface area contributed by atoms with Gasteiger partial charge in [0.2, 0.25) is 5.91 Å². The van der Waals surface area contributed by atoms with Crippen LogP contribution in [0.15, 0.2) is 0 Å². The minimum Gasteiger partial charge on any atom is -0.339 e. The molecule has 0 saturated carbocycles. The molecule has 1 atom stereocenters. The lowest BCUT2D eigenvalue weighted by Crippen LogP contribution is -2.53. The molecule has 1 aliphatic rings. The van der Waals surface area contributed by atoms with Crippen molar-refractivity contribution in [1.29, 1.82) is 0 Å². The number of nitrogens with zero attached hydrogens (tertiary/aromatic N) is 2. The summed E-state index contributed by atoms with van der Waals surface area (Å²) in [5.74, 6) is 0.119. The predicted octanol–water partition coefficient (Wildman–Crippen LogP) is 0.278. The average Bonchev–Trinajstić information content (AvgIpc) is 2.28. The van der Waals surface area contributed by atoms with Crippen LogP contribution >= 0.6 is 0 Å². The highest BCUT2D eigenvalue weighted by atomic mass is 16.2. The molecule has 1 aliphatic heterocycles. The maximum atomic E-state index is 11.8. The van der Waals surface area contributed by atoms with Gasteiger partial charge in [-0.1, -0.05) is 13.8 Å². The van der Waals surface area contributed by atoms with Crippen LogP contribution in [0.5, 0.6) is 0 Å². The molecule has 0 bridgehead atoms. The van der Waals surface area contributed by atoms with Crippen LogP contribution in [0, 0.1) is 0 Å². The van der Waals surface area contributed by atoms with E-state index in [1.165, 1.54) is 6.42 Å². The summed E-state index contributed by atoms with van der Waals surface area (Å²) in [6.07, 6.45) is 1.91. The van der Waals surface area contributed by atoms with E-state index in [1.54, 1.807) is 0 Å². The molecule has 1 heterocycles. The number of piperazine rings is 1. The number of hydrogen-bond acceptors (Lipinski definition) is 3. The summed E-state index contributed by atoms with van der Waals surface area (Å²) >= 11 is 0. The molecule has 1 unspecified atom stereocenters. The first kappa shape index (κ1) is 12.5. The van der Waals surface area contributed by atoms with Gasteiger partial charge < -0.3 is 10.6 Å². The van der Waals surface area contributed by atoms with Gasteiger partial charge in [0.05, 0.1) is 6.04 Å². The summed E-state index contributed by atoms with van der Waals surface area (Å²) in [4.78, 5) is 16.1. The predicted molar refractivity (Wildman–Crippen MR) is 61.6 cm³/mol. The lowest BCUT2D eigenvalue weighted by molar-refractivity contribution is -0.134. The van der Waals surface area contributed by atoms with E-state index in [0.717, 1.165) is 39.1 Å². The van der Waals surface area contributed by atoms with Crippen molar-refractivity contribution >= 4 is 5.91 Å². The molecular weight excluding hydrogens is 190 g/mol. The standard InChI is InChI=1S/C11H23N3O/c1-3-5-13-6-8-14(9-7-13)11(15)10(12)4-2/h10H,3-9,12H2,1-2H3. The van der Waals surface area contributed by atoms with E-state index in [1.807, 2.05) is 11.8 Å². The van der Waals surface area contributed by atoms with Crippen molar-refractivity contribution in [2.75, 3.05) is 32.7 Å². The van der Waals surface area contributed by atoms with Gasteiger partial charge in [-0.2, -0.15) is 0 Å². The SMILES string of the molecule is CCCN1CCN(C(=O)C(N)CC)CC1.